The number of ether oxygens (including phenoxy) is 2. The highest BCUT2D eigenvalue weighted by atomic mass is 28.4. The van der Waals surface area contributed by atoms with Gasteiger partial charge in [0.15, 0.2) is 14.1 Å². The van der Waals surface area contributed by atoms with E-state index in [0.717, 1.165) is 48.6 Å². The molecule has 2 aromatic rings. The first-order valence-corrected chi connectivity index (χ1v) is 19.2. The first kappa shape index (κ1) is 37.5. The summed E-state index contributed by atoms with van der Waals surface area (Å²) in [6.45, 7) is 12.2. The largest absolute Gasteiger partial charge is 0.497 e. The van der Waals surface area contributed by atoms with Crippen molar-refractivity contribution < 1.29 is 31.9 Å². The Labute approximate surface area is 274 Å². The van der Waals surface area contributed by atoms with E-state index in [-0.39, 0.29) is 22.8 Å². The van der Waals surface area contributed by atoms with Crippen molar-refractivity contribution in [1.82, 2.24) is 0 Å². The molecule has 0 unspecified atom stereocenters. The summed E-state index contributed by atoms with van der Waals surface area (Å²) in [5.74, 6) is 0.882. The van der Waals surface area contributed by atoms with Gasteiger partial charge in [-0.25, -0.2) is 0 Å². The molecule has 0 N–H and O–H groups in total. The molecule has 0 bridgehead atoms. The first-order chi connectivity index (χ1) is 21.7. The number of alkyl halides is 3. The van der Waals surface area contributed by atoms with Crippen molar-refractivity contribution in [2.75, 3.05) is 13.7 Å². The van der Waals surface area contributed by atoms with Crippen molar-refractivity contribution >= 4 is 14.1 Å². The number of ketones is 1. The number of aryl methyl sites for hydroxylation is 1. The molecule has 2 aromatic carbocycles. The normalized spacial score (nSPS) is 17.4. The van der Waals surface area contributed by atoms with Gasteiger partial charge in [0.2, 0.25) is 0 Å². The molecule has 1 aliphatic carbocycles. The van der Waals surface area contributed by atoms with Gasteiger partial charge in [0.25, 0.3) is 0 Å². The van der Waals surface area contributed by atoms with Gasteiger partial charge in [0.1, 0.15) is 5.75 Å². The van der Waals surface area contributed by atoms with Gasteiger partial charge < -0.3 is 13.9 Å². The zero-order chi connectivity index (χ0) is 33.8. The first-order valence-electron chi connectivity index (χ1n) is 16.3. The summed E-state index contributed by atoms with van der Waals surface area (Å²) in [6, 6.07) is 13.4. The summed E-state index contributed by atoms with van der Waals surface area (Å²) in [5.41, 5.74) is 1.90. The molecule has 0 fully saturated rings. The van der Waals surface area contributed by atoms with Crippen LogP contribution in [0.3, 0.4) is 0 Å². The molecule has 252 valence electrons. The van der Waals surface area contributed by atoms with E-state index in [1.165, 1.54) is 12.1 Å². The van der Waals surface area contributed by atoms with Gasteiger partial charge in [-0.2, -0.15) is 13.2 Å². The van der Waals surface area contributed by atoms with Gasteiger partial charge in [-0.15, -0.1) is 0 Å². The number of halogens is 3. The average Bonchev–Trinajstić information content (AvgIpc) is 3.35. The van der Waals surface area contributed by atoms with Crippen LogP contribution in [-0.4, -0.2) is 33.9 Å². The minimum atomic E-state index is -4.37. The summed E-state index contributed by atoms with van der Waals surface area (Å²) < 4.78 is 57.6. The smallest absolute Gasteiger partial charge is 0.416 e. The Morgan fingerprint density at radius 2 is 1.72 bits per heavy atom. The predicted molar refractivity (Wildman–Crippen MR) is 182 cm³/mol. The van der Waals surface area contributed by atoms with Crippen molar-refractivity contribution in [1.29, 1.82) is 0 Å². The molecule has 46 heavy (non-hydrogen) atoms. The standard InChI is InChI=1S/C38H51F3O4Si/c1-37(2,3)46(5,6)45-34(22-16-29-13-12-15-32(27-29)38(39,40)41)23-24-35-31(19-25-36(35)42)14-10-8-7-9-11-26-44-28-30-17-20-33(43-4)21-18-30/h8,10,12-13,15,17-21,24-25,27,31,34H,7,9,11,14,16,22-23,26,28H2,1-6H3/b10-8-,35-24+/t31-,34-/m0/s1. The number of carbonyl (C=O) groups excluding carboxylic acids is 1. The van der Waals surface area contributed by atoms with E-state index in [1.807, 2.05) is 36.4 Å². The summed E-state index contributed by atoms with van der Waals surface area (Å²) in [5, 5.41) is -0.0185. The van der Waals surface area contributed by atoms with Crippen LogP contribution in [0, 0.1) is 5.92 Å². The summed E-state index contributed by atoms with van der Waals surface area (Å²) in [6.07, 6.45) is 10.7. The van der Waals surface area contributed by atoms with Crippen LogP contribution in [0.25, 0.3) is 0 Å². The maximum Gasteiger partial charge on any atom is 0.416 e. The molecule has 0 radical (unpaired) electrons. The number of carbonyl (C=O) groups is 1. The Hall–Kier alpha value is -2.94. The van der Waals surface area contributed by atoms with Crippen molar-refractivity contribution in [2.24, 2.45) is 5.92 Å². The second-order valence-electron chi connectivity index (χ2n) is 13.6. The molecule has 1 aliphatic rings. The molecule has 3 rings (SSSR count). The second-order valence-corrected chi connectivity index (χ2v) is 18.3. The van der Waals surface area contributed by atoms with Crippen molar-refractivity contribution in [3.8, 4) is 5.75 Å². The van der Waals surface area contributed by atoms with Gasteiger partial charge in [0.05, 0.1) is 19.3 Å². The molecule has 0 heterocycles. The molecular weight excluding hydrogens is 605 g/mol. The number of methoxy groups -OCH3 is 1. The lowest BCUT2D eigenvalue weighted by Gasteiger charge is -2.39. The number of unbranched alkanes of at least 4 members (excludes halogenated alkanes) is 2. The molecule has 0 spiro atoms. The average molecular weight is 657 g/mol. The van der Waals surface area contributed by atoms with E-state index in [9.17, 15) is 18.0 Å². The van der Waals surface area contributed by atoms with Crippen molar-refractivity contribution in [3.63, 3.8) is 0 Å². The number of benzene rings is 2. The van der Waals surface area contributed by atoms with Crippen LogP contribution in [0.15, 0.2) is 84.5 Å². The summed E-state index contributed by atoms with van der Waals surface area (Å²) >= 11 is 0. The topological polar surface area (TPSA) is 44.8 Å². The third kappa shape index (κ3) is 12.0. The fraction of sp³-hybridized carbons (Fsp3) is 0.500. The summed E-state index contributed by atoms with van der Waals surface area (Å²) in [4.78, 5) is 12.8. The van der Waals surface area contributed by atoms with Gasteiger partial charge in [-0.3, -0.25) is 4.79 Å². The monoisotopic (exact) mass is 656 g/mol. The lowest BCUT2D eigenvalue weighted by molar-refractivity contribution is -0.137. The highest BCUT2D eigenvalue weighted by molar-refractivity contribution is 6.74. The van der Waals surface area contributed by atoms with Crippen LogP contribution in [-0.2, 0) is 33.2 Å². The van der Waals surface area contributed by atoms with Gasteiger partial charge >= 0.3 is 6.18 Å². The van der Waals surface area contributed by atoms with Crippen LogP contribution < -0.4 is 4.74 Å². The lowest BCUT2D eigenvalue weighted by Crippen LogP contribution is -2.44. The van der Waals surface area contributed by atoms with Gasteiger partial charge in [-0.1, -0.05) is 75.4 Å². The van der Waals surface area contributed by atoms with Crippen LogP contribution in [0.4, 0.5) is 13.2 Å². The van der Waals surface area contributed by atoms with E-state index in [2.05, 4.69) is 46.0 Å². The van der Waals surface area contributed by atoms with E-state index < -0.39 is 20.1 Å². The number of hydrogen-bond acceptors (Lipinski definition) is 4. The lowest BCUT2D eigenvalue weighted by atomic mass is 9.95. The van der Waals surface area contributed by atoms with Crippen molar-refractivity contribution in [2.45, 2.75) is 103 Å². The molecule has 2 atom stereocenters. The van der Waals surface area contributed by atoms with E-state index in [1.54, 1.807) is 19.3 Å². The quantitative estimate of drug-likeness (QED) is 0.0736. The van der Waals surface area contributed by atoms with E-state index >= 15 is 0 Å². The number of rotatable bonds is 17. The van der Waals surface area contributed by atoms with Crippen LogP contribution >= 0.6 is 0 Å². The molecule has 0 saturated carbocycles. The Bertz CT molecular complexity index is 1340. The Morgan fingerprint density at radius 1 is 0.978 bits per heavy atom. The van der Waals surface area contributed by atoms with E-state index in [4.69, 9.17) is 13.9 Å². The Kier molecular flexibility index (Phi) is 14.1. The molecule has 0 saturated heterocycles. The molecule has 0 aromatic heterocycles. The molecule has 0 aliphatic heterocycles. The van der Waals surface area contributed by atoms with Gasteiger partial charge in [-0.05, 0) is 98.5 Å². The fourth-order valence-electron chi connectivity index (χ4n) is 5.09. The molecule has 4 nitrogen and oxygen atoms in total. The van der Waals surface area contributed by atoms with Crippen LogP contribution in [0.1, 0.15) is 76.0 Å². The van der Waals surface area contributed by atoms with E-state index in [0.29, 0.717) is 38.0 Å². The van der Waals surface area contributed by atoms with Crippen LogP contribution in [0.2, 0.25) is 18.1 Å². The van der Waals surface area contributed by atoms with Crippen molar-refractivity contribution in [3.05, 3.63) is 101 Å². The fourth-order valence-corrected chi connectivity index (χ4v) is 6.49. The Morgan fingerprint density at radius 3 is 2.39 bits per heavy atom. The SMILES string of the molecule is COc1ccc(COCCCC/C=C\C[C@H]2C=CC(=O)/C2=C/C[C@H](CCc2cccc(C(F)(F)F)c2)O[Si](C)(C)C(C)(C)C)cc1. The third-order valence-corrected chi connectivity index (χ3v) is 13.5. The highest BCUT2D eigenvalue weighted by Crippen LogP contribution is 2.39. The minimum Gasteiger partial charge on any atom is -0.497 e. The Balaban J connectivity index is 1.52. The zero-order valence-electron chi connectivity index (χ0n) is 28.3. The maximum atomic E-state index is 13.3. The molecule has 8 heteroatoms. The molecule has 0 amide bonds. The predicted octanol–water partition coefficient (Wildman–Crippen LogP) is 10.4. The minimum absolute atomic E-state index is 0.0185. The van der Waals surface area contributed by atoms with Gasteiger partial charge in [0, 0.05) is 24.2 Å². The number of hydrogen-bond donors (Lipinski definition) is 0. The number of allylic oxidation sites excluding steroid dienone is 5. The van der Waals surface area contributed by atoms with Crippen LogP contribution in [0.5, 0.6) is 5.75 Å². The second kappa shape index (κ2) is 17.3. The molecular formula is C38H51F3O4Si. The third-order valence-electron chi connectivity index (χ3n) is 8.94. The maximum absolute atomic E-state index is 13.3. The summed E-state index contributed by atoms with van der Waals surface area (Å²) in [7, 11) is -0.502. The zero-order valence-corrected chi connectivity index (χ0v) is 29.3. The highest BCUT2D eigenvalue weighted by Gasteiger charge is 2.39.